The van der Waals surface area contributed by atoms with Crippen molar-refractivity contribution in [3.8, 4) is 23.4 Å². The Morgan fingerprint density at radius 3 is 1.29 bits per heavy atom. The van der Waals surface area contributed by atoms with Crippen molar-refractivity contribution in [3.05, 3.63) is 318 Å². The molecule has 12 heterocycles. The molecule has 16 rings (SSSR count). The number of anilines is 2. The van der Waals surface area contributed by atoms with Gasteiger partial charge in [0.05, 0.1) is 59.6 Å². The first-order valence-electron chi connectivity index (χ1n) is 40.5. The highest BCUT2D eigenvalue weighted by Crippen LogP contribution is 2.30. The number of carbonyl (C=O) groups is 2. The fourth-order valence-corrected chi connectivity index (χ4v) is 14.7. The summed E-state index contributed by atoms with van der Waals surface area (Å²) >= 11 is 0. The SMILES string of the molecule is CC(=O)N1CCN(c2cc(-n3nc(C)cc3C)nc(Cc3cc(F)cc(F)c3)n2)CC1.CC(=O)N1CCN(c2cc(Cc3cccc(C(C)(F)F)c3)nc(-n3nc(C)cc3C)n2)CC1.Cc1ccc(Cc2cc(Cn3nc(C)cc3C)cc(-n3ccc(CF)n3)n2)cc1.Cc1ccc(Cc2cc(Cn3nc(C)cc3C)cc(-n3ccc(CO)n3)n2)cc1. The molecule has 0 bridgehead atoms. The van der Waals surface area contributed by atoms with Gasteiger partial charge >= 0.3 is 0 Å². The topological polar surface area (TPSA) is 252 Å². The number of aryl methyl sites for hydroxylation is 10. The van der Waals surface area contributed by atoms with E-state index in [1.54, 1.807) is 61.9 Å². The van der Waals surface area contributed by atoms with E-state index < -0.39 is 24.2 Å². The molecule has 4 aromatic carbocycles. The molecule has 0 unspecified atom stereocenters. The number of aromatic nitrogens is 18. The van der Waals surface area contributed by atoms with E-state index in [-0.39, 0.29) is 30.4 Å². The molecule has 2 amide bonds. The predicted molar refractivity (Wildman–Crippen MR) is 457 cm³/mol. The molecule has 30 heteroatoms. The van der Waals surface area contributed by atoms with Crippen LogP contribution in [0.4, 0.5) is 33.6 Å². The Hall–Kier alpha value is -13.3. The minimum absolute atomic E-state index is 0.0200. The molecule has 2 aliphatic heterocycles. The van der Waals surface area contributed by atoms with Crippen LogP contribution in [0, 0.1) is 80.9 Å². The third kappa shape index (κ3) is 22.8. The lowest BCUT2D eigenvalue weighted by atomic mass is 10.0. The molecular formula is C92H101F5N22O3. The van der Waals surface area contributed by atoms with Gasteiger partial charge in [0, 0.05) is 169 Å². The summed E-state index contributed by atoms with van der Waals surface area (Å²) in [7, 11) is 0. The summed E-state index contributed by atoms with van der Waals surface area (Å²) in [5.74, 6) is 0.295. The van der Waals surface area contributed by atoms with E-state index in [4.69, 9.17) is 19.9 Å². The second-order valence-electron chi connectivity index (χ2n) is 31.3. The molecule has 122 heavy (non-hydrogen) atoms. The molecule has 0 radical (unpaired) electrons. The summed E-state index contributed by atoms with van der Waals surface area (Å²) in [5, 5.41) is 36.2. The van der Waals surface area contributed by atoms with E-state index in [1.165, 1.54) is 46.5 Å². The number of halogens is 5. The molecule has 0 spiro atoms. The van der Waals surface area contributed by atoms with Crippen LogP contribution in [-0.2, 0) is 67.6 Å². The van der Waals surface area contributed by atoms with Crippen LogP contribution in [0.5, 0.6) is 0 Å². The van der Waals surface area contributed by atoms with Gasteiger partial charge in [-0.2, -0.15) is 35.6 Å². The largest absolute Gasteiger partial charge is 0.390 e. The zero-order chi connectivity index (χ0) is 86.6. The number of hydrogen-bond donors (Lipinski definition) is 1. The number of nitrogens with zero attached hydrogens (tertiary/aromatic N) is 22. The highest BCUT2D eigenvalue weighted by Gasteiger charge is 2.27. The van der Waals surface area contributed by atoms with Crippen molar-refractivity contribution in [2.45, 2.75) is 148 Å². The number of benzene rings is 4. The second kappa shape index (κ2) is 38.4. The van der Waals surface area contributed by atoms with Crippen LogP contribution >= 0.6 is 0 Å². The van der Waals surface area contributed by atoms with Crippen molar-refractivity contribution in [3.63, 3.8) is 0 Å². The smallest absolute Gasteiger partial charge is 0.270 e. The van der Waals surface area contributed by atoms with Gasteiger partial charge in [-0.25, -0.2) is 65.6 Å². The van der Waals surface area contributed by atoms with Crippen LogP contribution in [0.15, 0.2) is 176 Å². The molecule has 1 N–H and O–H groups in total. The van der Waals surface area contributed by atoms with E-state index in [0.717, 1.165) is 111 Å². The van der Waals surface area contributed by atoms with E-state index in [9.17, 15) is 36.6 Å². The monoisotopic (exact) mass is 1660 g/mol. The highest BCUT2D eigenvalue weighted by atomic mass is 19.3. The minimum atomic E-state index is -2.90. The Morgan fingerprint density at radius 2 is 0.844 bits per heavy atom. The summed E-state index contributed by atoms with van der Waals surface area (Å²) in [6.07, 6.45) is 5.61. The molecule has 632 valence electrons. The standard InChI is InChI=1S/C24H28F2N6O.C23H24FN5.C23H25N5O.C22H24F2N6O/c1-16-12-17(2)32(29-16)23-27-21(14-19-6-5-7-20(13-19)24(4,25)26)15-22(28-23)31-10-8-30(9-11-31)18(3)33;1-16-4-6-19(7-5-16)11-22-12-20(15-29-18(3)10-17(2)26-29)13-23(25-22)28-9-8-21(14-24)27-28;1-16-4-6-19(7-5-16)11-22-12-20(14-28-18(3)10-17(2)25-28)13-23(24-22)27-9-8-21(15-29)26-27;1-14-8-15(2)30(27-14)22-13-21(29-6-4-28(5-7-29)16(3)31)25-20(26-22)11-17-9-18(23)12-19(24)10-17/h5-7,12-13,15H,8-11,14H2,1-4H3;4-10,12-13H,11,14-15H2,1-3H3;4-10,12-13,29H,11,14-15H2,1-3H3;8-10,12-13H,4-7,11H2,1-3H3. The van der Waals surface area contributed by atoms with Crippen molar-refractivity contribution < 1.29 is 36.6 Å². The summed E-state index contributed by atoms with van der Waals surface area (Å²) < 4.78 is 78.7. The number of amides is 2. The number of piperazine rings is 2. The number of pyridine rings is 2. The maximum absolute atomic E-state index is 13.8. The van der Waals surface area contributed by atoms with Crippen LogP contribution in [0.1, 0.15) is 151 Å². The van der Waals surface area contributed by atoms with Crippen LogP contribution in [0.25, 0.3) is 23.4 Å². The lowest BCUT2D eigenvalue weighted by Gasteiger charge is -2.35. The quantitative estimate of drug-likeness (QED) is 0.0656. The first kappa shape index (κ1) is 86.6. The van der Waals surface area contributed by atoms with Crippen LogP contribution in [0.3, 0.4) is 0 Å². The van der Waals surface area contributed by atoms with E-state index in [2.05, 4.69) is 151 Å². The summed E-state index contributed by atoms with van der Waals surface area (Å²) in [4.78, 5) is 59.5. The molecule has 2 fully saturated rings. The van der Waals surface area contributed by atoms with Crippen LogP contribution in [0.2, 0.25) is 0 Å². The lowest BCUT2D eigenvalue weighted by molar-refractivity contribution is -0.129. The maximum Gasteiger partial charge on any atom is 0.270 e. The molecule has 0 aliphatic carbocycles. The molecule has 0 atom stereocenters. The van der Waals surface area contributed by atoms with Crippen LogP contribution < -0.4 is 9.80 Å². The predicted octanol–water partition coefficient (Wildman–Crippen LogP) is 14.5. The number of aliphatic hydroxyl groups is 1. The minimum Gasteiger partial charge on any atom is -0.390 e. The molecule has 25 nitrogen and oxygen atoms in total. The Kier molecular flexibility index (Phi) is 27.3. The second-order valence-corrected chi connectivity index (χ2v) is 31.3. The summed E-state index contributed by atoms with van der Waals surface area (Å²) in [5.41, 5.74) is 19.7. The fourth-order valence-electron chi connectivity index (χ4n) is 14.7. The molecular weight excluding hydrogens is 1560 g/mol. The van der Waals surface area contributed by atoms with Gasteiger partial charge in [0.15, 0.2) is 17.5 Å². The normalized spacial score (nSPS) is 12.9. The van der Waals surface area contributed by atoms with E-state index in [0.29, 0.717) is 124 Å². The van der Waals surface area contributed by atoms with Crippen molar-refractivity contribution in [1.82, 2.24) is 98.4 Å². The highest BCUT2D eigenvalue weighted by molar-refractivity contribution is 5.74. The average molecular weight is 1660 g/mol. The number of hydrogen-bond acceptors (Lipinski definition) is 17. The molecule has 2 aliphatic rings. The van der Waals surface area contributed by atoms with Crippen LogP contribution in [-0.4, -0.2) is 168 Å². The van der Waals surface area contributed by atoms with E-state index >= 15 is 0 Å². The fraction of sp³-hybridized carbons (Fsp3) is 0.326. The van der Waals surface area contributed by atoms with Crippen molar-refractivity contribution in [2.75, 3.05) is 62.2 Å². The average Bonchev–Trinajstić information content (AvgIpc) is 1.51. The molecule has 0 saturated carbocycles. The first-order valence-corrected chi connectivity index (χ1v) is 40.5. The Labute approximate surface area is 706 Å². The van der Waals surface area contributed by atoms with Gasteiger partial charge in [-0.15, -0.1) is 0 Å². The zero-order valence-corrected chi connectivity index (χ0v) is 71.0. The van der Waals surface area contributed by atoms with Gasteiger partial charge in [-0.1, -0.05) is 77.9 Å². The Bertz CT molecular complexity index is 5780. The number of aliphatic hydroxyl groups excluding tert-OH is 1. The molecule has 14 aromatic rings. The third-order valence-electron chi connectivity index (χ3n) is 20.9. The Morgan fingerprint density at radius 1 is 0.393 bits per heavy atom. The Balaban J connectivity index is 0.000000140. The number of rotatable bonds is 21. The van der Waals surface area contributed by atoms with Gasteiger partial charge < -0.3 is 24.7 Å². The van der Waals surface area contributed by atoms with Gasteiger partial charge in [-0.3, -0.25) is 19.0 Å². The van der Waals surface area contributed by atoms with Crippen molar-refractivity contribution in [1.29, 1.82) is 0 Å². The van der Waals surface area contributed by atoms with Gasteiger partial charge in [-0.05, 0) is 181 Å². The number of carbonyl (C=O) groups excluding carboxylic acids is 2. The zero-order valence-electron chi connectivity index (χ0n) is 71.0. The van der Waals surface area contributed by atoms with Gasteiger partial charge in [0.1, 0.15) is 35.8 Å². The summed E-state index contributed by atoms with van der Waals surface area (Å²) in [6.45, 7) is 29.7. The third-order valence-corrected chi connectivity index (χ3v) is 20.9. The molecule has 10 aromatic heterocycles. The summed E-state index contributed by atoms with van der Waals surface area (Å²) in [6, 6.07) is 50.4. The van der Waals surface area contributed by atoms with Gasteiger partial charge in [0.25, 0.3) is 11.9 Å². The van der Waals surface area contributed by atoms with Crippen molar-refractivity contribution in [2.24, 2.45) is 0 Å². The number of alkyl halides is 3. The lowest BCUT2D eigenvalue weighted by Crippen LogP contribution is -2.48. The maximum atomic E-state index is 13.8. The van der Waals surface area contributed by atoms with E-state index in [1.807, 2.05) is 104 Å². The van der Waals surface area contributed by atoms with Crippen molar-refractivity contribution >= 4 is 23.5 Å². The van der Waals surface area contributed by atoms with Gasteiger partial charge in [0.2, 0.25) is 11.8 Å². The molecule has 2 saturated heterocycles. The first-order chi connectivity index (χ1) is 58.4.